The second-order valence-electron chi connectivity index (χ2n) is 4.29. The lowest BCUT2D eigenvalue weighted by atomic mass is 9.70. The number of rotatable bonds is 2. The zero-order valence-electron chi connectivity index (χ0n) is 8.62. The molecule has 0 unspecified atom stereocenters. The third-order valence-corrected chi connectivity index (χ3v) is 3.17. The molecule has 17 heavy (non-hydrogen) atoms. The van der Waals surface area contributed by atoms with Gasteiger partial charge in [-0.15, -0.1) is 0 Å². The minimum Gasteiger partial charge on any atom is -0.321 e. The molecule has 1 aromatic rings. The van der Waals surface area contributed by atoms with E-state index >= 15 is 0 Å². The predicted octanol–water partition coefficient (Wildman–Crippen LogP) is 2.83. The molecule has 0 heterocycles. The van der Waals surface area contributed by atoms with Crippen molar-refractivity contribution in [3.8, 4) is 0 Å². The van der Waals surface area contributed by atoms with E-state index in [1.54, 1.807) is 0 Å². The van der Waals surface area contributed by atoms with Gasteiger partial charge in [0.1, 0.15) is 5.02 Å². The summed E-state index contributed by atoms with van der Waals surface area (Å²) in [7, 11) is 0. The van der Waals surface area contributed by atoms with Crippen LogP contribution < -0.4 is 5.73 Å². The monoisotopic (exact) mass is 262 g/mol. The summed E-state index contributed by atoms with van der Waals surface area (Å²) in [6.07, 6.45) is -0.928. The Bertz CT molecular complexity index is 485. The summed E-state index contributed by atoms with van der Waals surface area (Å²) in [6.45, 7) is 0. The van der Waals surface area contributed by atoms with Crippen LogP contribution in [0.5, 0.6) is 0 Å². The van der Waals surface area contributed by atoms with Crippen molar-refractivity contribution in [1.29, 1.82) is 0 Å². The van der Waals surface area contributed by atoms with Gasteiger partial charge in [-0.1, -0.05) is 17.7 Å². The highest BCUT2D eigenvalue weighted by Crippen LogP contribution is 2.50. The fraction of sp³-hybridized carbons (Fsp3) is 0.400. The lowest BCUT2D eigenvalue weighted by molar-refractivity contribution is -0.384. The van der Waals surface area contributed by atoms with Gasteiger partial charge in [0.05, 0.1) is 10.5 Å². The summed E-state index contributed by atoms with van der Waals surface area (Å²) in [6, 6.07) is 3.84. The molecule has 0 spiro atoms. The normalized spacial score (nSPS) is 20.7. The third-order valence-electron chi connectivity index (χ3n) is 2.87. The summed E-state index contributed by atoms with van der Waals surface area (Å²) in [5.41, 5.74) is 4.79. The van der Waals surface area contributed by atoms with Crippen LogP contribution in [-0.2, 0) is 5.54 Å². The molecule has 1 aromatic carbocycles. The van der Waals surface area contributed by atoms with E-state index in [1.807, 2.05) is 0 Å². The third kappa shape index (κ3) is 2.10. The zero-order chi connectivity index (χ0) is 12.8. The Hall–Kier alpha value is -1.27. The molecule has 0 atom stereocenters. The summed E-state index contributed by atoms with van der Waals surface area (Å²) in [5, 5.41) is 10.4. The van der Waals surface area contributed by atoms with Crippen molar-refractivity contribution in [2.45, 2.75) is 24.3 Å². The lowest BCUT2D eigenvalue weighted by Gasteiger charge is -2.44. The predicted molar refractivity (Wildman–Crippen MR) is 58.2 cm³/mol. The van der Waals surface area contributed by atoms with Gasteiger partial charge in [-0.25, -0.2) is 8.78 Å². The number of nitro groups is 1. The highest BCUT2D eigenvalue weighted by atomic mass is 35.5. The molecule has 0 aliphatic heterocycles. The van der Waals surface area contributed by atoms with Crippen LogP contribution in [0.3, 0.4) is 0 Å². The van der Waals surface area contributed by atoms with Crippen LogP contribution in [0.2, 0.25) is 5.02 Å². The van der Waals surface area contributed by atoms with E-state index in [1.165, 1.54) is 18.2 Å². The molecule has 0 amide bonds. The van der Waals surface area contributed by atoms with E-state index in [0.717, 1.165) is 0 Å². The molecule has 0 saturated heterocycles. The maximum atomic E-state index is 12.8. The summed E-state index contributed by atoms with van der Waals surface area (Å²) < 4.78 is 25.6. The molecule has 2 rings (SSSR count). The first kappa shape index (κ1) is 12.2. The Labute approximate surface area is 101 Å². The smallest absolute Gasteiger partial charge is 0.287 e. The van der Waals surface area contributed by atoms with Crippen LogP contribution in [0.1, 0.15) is 18.4 Å². The first-order valence-electron chi connectivity index (χ1n) is 4.85. The first-order valence-corrected chi connectivity index (χ1v) is 5.22. The minimum atomic E-state index is -2.76. The van der Waals surface area contributed by atoms with Crippen LogP contribution in [0.15, 0.2) is 18.2 Å². The fourth-order valence-electron chi connectivity index (χ4n) is 2.04. The van der Waals surface area contributed by atoms with Crippen molar-refractivity contribution >= 4 is 17.3 Å². The number of nitrogens with two attached hydrogens (primary N) is 1. The maximum absolute atomic E-state index is 12.8. The number of hydrogen-bond acceptors (Lipinski definition) is 3. The molecule has 2 N–H and O–H groups in total. The lowest BCUT2D eigenvalue weighted by Crippen LogP contribution is -2.55. The van der Waals surface area contributed by atoms with Crippen molar-refractivity contribution in [2.24, 2.45) is 5.73 Å². The minimum absolute atomic E-state index is 0.0902. The van der Waals surface area contributed by atoms with Crippen LogP contribution in [0.25, 0.3) is 0 Å². The molecule has 0 bridgehead atoms. The van der Waals surface area contributed by atoms with E-state index in [9.17, 15) is 18.9 Å². The number of halogens is 3. The highest BCUT2D eigenvalue weighted by molar-refractivity contribution is 6.32. The van der Waals surface area contributed by atoms with Crippen molar-refractivity contribution in [3.05, 3.63) is 38.9 Å². The quantitative estimate of drug-likeness (QED) is 0.658. The SMILES string of the molecule is NC1(c2ccc([N+](=O)[O-])c(Cl)c2)CC(F)(F)C1. The molecule has 1 fully saturated rings. The van der Waals surface area contributed by atoms with Crippen molar-refractivity contribution in [3.63, 3.8) is 0 Å². The molecule has 1 aliphatic rings. The summed E-state index contributed by atoms with van der Waals surface area (Å²) in [5.74, 6) is -2.76. The van der Waals surface area contributed by atoms with Gasteiger partial charge < -0.3 is 5.73 Å². The Balaban J connectivity index is 2.30. The maximum Gasteiger partial charge on any atom is 0.287 e. The zero-order valence-corrected chi connectivity index (χ0v) is 9.38. The van der Waals surface area contributed by atoms with E-state index < -0.39 is 29.2 Å². The Morgan fingerprint density at radius 2 is 2.00 bits per heavy atom. The average molecular weight is 263 g/mol. The first-order chi connectivity index (χ1) is 7.73. The second-order valence-corrected chi connectivity index (χ2v) is 4.70. The summed E-state index contributed by atoms with van der Waals surface area (Å²) in [4.78, 5) is 9.90. The number of hydrogen-bond donors (Lipinski definition) is 1. The van der Waals surface area contributed by atoms with Crippen LogP contribution >= 0.6 is 11.6 Å². The van der Waals surface area contributed by atoms with Gasteiger partial charge >= 0.3 is 0 Å². The number of alkyl halides is 2. The van der Waals surface area contributed by atoms with Gasteiger partial charge in [0.15, 0.2) is 0 Å². The van der Waals surface area contributed by atoms with E-state index in [4.69, 9.17) is 17.3 Å². The largest absolute Gasteiger partial charge is 0.321 e. The second kappa shape index (κ2) is 3.61. The molecular formula is C10H9ClF2N2O2. The van der Waals surface area contributed by atoms with Gasteiger partial charge in [0.2, 0.25) is 0 Å². The van der Waals surface area contributed by atoms with Gasteiger partial charge in [0, 0.05) is 18.9 Å². The van der Waals surface area contributed by atoms with Crippen LogP contribution in [0.4, 0.5) is 14.5 Å². The molecule has 4 nitrogen and oxygen atoms in total. The van der Waals surface area contributed by atoms with Crippen molar-refractivity contribution in [2.75, 3.05) is 0 Å². The van der Waals surface area contributed by atoms with Gasteiger partial charge in [-0.3, -0.25) is 10.1 Å². The molecule has 0 aromatic heterocycles. The summed E-state index contributed by atoms with van der Waals surface area (Å²) >= 11 is 5.70. The fourth-order valence-corrected chi connectivity index (χ4v) is 2.29. The molecule has 0 radical (unpaired) electrons. The van der Waals surface area contributed by atoms with Crippen LogP contribution in [0, 0.1) is 10.1 Å². The molecule has 1 aliphatic carbocycles. The topological polar surface area (TPSA) is 69.2 Å². The highest BCUT2D eigenvalue weighted by Gasteiger charge is 2.55. The van der Waals surface area contributed by atoms with Crippen molar-refractivity contribution < 1.29 is 13.7 Å². The van der Waals surface area contributed by atoms with Crippen LogP contribution in [-0.4, -0.2) is 10.8 Å². The Kier molecular flexibility index (Phi) is 2.59. The average Bonchev–Trinajstić information content (AvgIpc) is 2.13. The van der Waals surface area contributed by atoms with Gasteiger partial charge in [0.25, 0.3) is 11.6 Å². The molecule has 1 saturated carbocycles. The molecular weight excluding hydrogens is 254 g/mol. The molecule has 92 valence electrons. The molecule has 7 heteroatoms. The number of nitrogens with zero attached hydrogens (tertiary/aromatic N) is 1. The Morgan fingerprint density at radius 1 is 1.41 bits per heavy atom. The van der Waals surface area contributed by atoms with Gasteiger partial charge in [-0.05, 0) is 11.6 Å². The number of benzene rings is 1. The Morgan fingerprint density at radius 3 is 2.41 bits per heavy atom. The van der Waals surface area contributed by atoms with Gasteiger partial charge in [-0.2, -0.15) is 0 Å². The van der Waals surface area contributed by atoms with E-state index in [-0.39, 0.29) is 10.7 Å². The van der Waals surface area contributed by atoms with E-state index in [2.05, 4.69) is 0 Å². The number of nitro benzene ring substituents is 1. The van der Waals surface area contributed by atoms with Crippen molar-refractivity contribution in [1.82, 2.24) is 0 Å². The van der Waals surface area contributed by atoms with E-state index in [0.29, 0.717) is 5.56 Å². The standard InChI is InChI=1S/C10H9ClF2N2O2/c11-7-3-6(1-2-8(7)15(16)17)9(14)4-10(12,13)5-9/h1-3H,4-5,14H2.